The molecule has 106 valence electrons. The van der Waals surface area contributed by atoms with Crippen LogP contribution < -0.4 is 4.74 Å². The van der Waals surface area contributed by atoms with Gasteiger partial charge in [0.2, 0.25) is 0 Å². The molecule has 3 heteroatoms. The number of benzene rings is 1. The molecule has 0 radical (unpaired) electrons. The molecule has 0 N–H and O–H groups in total. The van der Waals surface area contributed by atoms with E-state index in [0.717, 1.165) is 28.7 Å². The molecule has 0 saturated carbocycles. The number of hydrogen-bond acceptors (Lipinski definition) is 3. The van der Waals surface area contributed by atoms with Crippen molar-refractivity contribution in [3.63, 3.8) is 0 Å². The van der Waals surface area contributed by atoms with Gasteiger partial charge in [-0.1, -0.05) is 39.8 Å². The van der Waals surface area contributed by atoms with E-state index in [1.54, 1.807) is 7.11 Å². The molecule has 3 nitrogen and oxygen atoms in total. The molecule has 0 fully saturated rings. The zero-order chi connectivity index (χ0) is 14.4. The van der Waals surface area contributed by atoms with Crippen LogP contribution in [0.3, 0.4) is 0 Å². The summed E-state index contributed by atoms with van der Waals surface area (Å²) in [7, 11) is 1.62. The van der Waals surface area contributed by atoms with E-state index in [-0.39, 0.29) is 6.79 Å². The number of ether oxygens (including phenoxy) is 2. The van der Waals surface area contributed by atoms with Crippen molar-refractivity contribution in [3.8, 4) is 5.75 Å². The number of carbonyl (C=O) groups is 1. The second-order valence-electron chi connectivity index (χ2n) is 5.33. The van der Waals surface area contributed by atoms with Crippen LogP contribution in [-0.4, -0.2) is 20.2 Å². The minimum atomic E-state index is 0.243. The minimum Gasteiger partial charge on any atom is -0.467 e. The fourth-order valence-corrected chi connectivity index (χ4v) is 2.10. The molecule has 1 aromatic carbocycles. The molecule has 0 amide bonds. The van der Waals surface area contributed by atoms with Crippen molar-refractivity contribution in [3.05, 3.63) is 28.8 Å². The molecular formula is C16H24O3. The first-order valence-corrected chi connectivity index (χ1v) is 6.73. The van der Waals surface area contributed by atoms with Gasteiger partial charge in [-0.3, -0.25) is 0 Å². The van der Waals surface area contributed by atoms with Gasteiger partial charge in [-0.25, -0.2) is 0 Å². The summed E-state index contributed by atoms with van der Waals surface area (Å²) in [5.74, 6) is 1.59. The Balaban J connectivity index is 3.32. The third-order valence-electron chi connectivity index (χ3n) is 3.09. The SMILES string of the molecule is COCOc1c(C(C)C)cc(CC=O)cc1C(C)C. The molecule has 0 atom stereocenters. The average Bonchev–Trinajstić information content (AvgIpc) is 2.36. The van der Waals surface area contributed by atoms with Crippen molar-refractivity contribution in [1.82, 2.24) is 0 Å². The van der Waals surface area contributed by atoms with Crippen LogP contribution in [0, 0.1) is 0 Å². The van der Waals surface area contributed by atoms with Crippen LogP contribution in [0.5, 0.6) is 5.75 Å². The number of carbonyl (C=O) groups excluding carboxylic acids is 1. The van der Waals surface area contributed by atoms with Crippen LogP contribution in [0.2, 0.25) is 0 Å². The molecule has 0 aliphatic heterocycles. The Morgan fingerprint density at radius 2 is 1.63 bits per heavy atom. The fourth-order valence-electron chi connectivity index (χ4n) is 2.10. The lowest BCUT2D eigenvalue weighted by molar-refractivity contribution is -0.107. The van der Waals surface area contributed by atoms with Crippen LogP contribution in [0.25, 0.3) is 0 Å². The Kier molecular flexibility index (Phi) is 6.03. The predicted molar refractivity (Wildman–Crippen MR) is 76.9 cm³/mol. The van der Waals surface area contributed by atoms with Gasteiger partial charge in [-0.05, 0) is 28.5 Å². The number of methoxy groups -OCH3 is 1. The van der Waals surface area contributed by atoms with Gasteiger partial charge in [0.05, 0.1) is 0 Å². The van der Waals surface area contributed by atoms with Crippen LogP contribution in [0.1, 0.15) is 56.2 Å². The van der Waals surface area contributed by atoms with E-state index in [2.05, 4.69) is 39.8 Å². The predicted octanol–water partition coefficient (Wildman–Crippen LogP) is 3.66. The summed E-state index contributed by atoms with van der Waals surface area (Å²) in [6.45, 7) is 8.76. The maximum Gasteiger partial charge on any atom is 0.188 e. The van der Waals surface area contributed by atoms with Gasteiger partial charge in [0.15, 0.2) is 6.79 Å². The highest BCUT2D eigenvalue weighted by molar-refractivity contribution is 5.58. The Morgan fingerprint density at radius 3 is 2.00 bits per heavy atom. The highest BCUT2D eigenvalue weighted by Crippen LogP contribution is 2.36. The molecule has 0 aliphatic rings. The second kappa shape index (κ2) is 7.29. The van der Waals surface area contributed by atoms with Gasteiger partial charge in [-0.15, -0.1) is 0 Å². The molecule has 1 rings (SSSR count). The Hall–Kier alpha value is -1.35. The first kappa shape index (κ1) is 15.7. The lowest BCUT2D eigenvalue weighted by Crippen LogP contribution is -2.08. The monoisotopic (exact) mass is 264 g/mol. The molecule has 19 heavy (non-hydrogen) atoms. The van der Waals surface area contributed by atoms with Gasteiger partial charge in [-0.2, -0.15) is 0 Å². The Bertz CT molecular complexity index is 393. The number of hydrogen-bond donors (Lipinski definition) is 0. The molecule has 0 spiro atoms. The van der Waals surface area contributed by atoms with E-state index >= 15 is 0 Å². The van der Waals surface area contributed by atoms with Gasteiger partial charge >= 0.3 is 0 Å². The highest BCUT2D eigenvalue weighted by Gasteiger charge is 2.17. The van der Waals surface area contributed by atoms with E-state index in [4.69, 9.17) is 9.47 Å². The normalized spacial score (nSPS) is 11.1. The van der Waals surface area contributed by atoms with Gasteiger partial charge in [0.25, 0.3) is 0 Å². The summed E-state index contributed by atoms with van der Waals surface area (Å²) in [4.78, 5) is 10.7. The van der Waals surface area contributed by atoms with Crippen molar-refractivity contribution >= 4 is 6.29 Å². The van der Waals surface area contributed by atoms with E-state index in [1.807, 2.05) is 0 Å². The zero-order valence-corrected chi connectivity index (χ0v) is 12.5. The van der Waals surface area contributed by atoms with Crippen molar-refractivity contribution in [1.29, 1.82) is 0 Å². The lowest BCUT2D eigenvalue weighted by Gasteiger charge is -2.21. The number of rotatable bonds is 7. The van der Waals surface area contributed by atoms with E-state index < -0.39 is 0 Å². The van der Waals surface area contributed by atoms with Crippen LogP contribution in [0.15, 0.2) is 12.1 Å². The third kappa shape index (κ3) is 4.06. The summed E-state index contributed by atoms with van der Waals surface area (Å²) >= 11 is 0. The van der Waals surface area contributed by atoms with E-state index in [1.165, 1.54) is 0 Å². The summed E-state index contributed by atoms with van der Waals surface area (Å²) in [6, 6.07) is 4.13. The van der Waals surface area contributed by atoms with E-state index in [0.29, 0.717) is 18.3 Å². The lowest BCUT2D eigenvalue weighted by atomic mass is 9.91. The van der Waals surface area contributed by atoms with Crippen LogP contribution in [0.4, 0.5) is 0 Å². The van der Waals surface area contributed by atoms with Gasteiger partial charge in [0, 0.05) is 13.5 Å². The molecule has 0 bridgehead atoms. The second-order valence-corrected chi connectivity index (χ2v) is 5.33. The summed E-state index contributed by atoms with van der Waals surface area (Å²) in [5, 5.41) is 0. The maximum atomic E-state index is 10.7. The third-order valence-corrected chi connectivity index (χ3v) is 3.09. The first-order chi connectivity index (χ1) is 9.01. The minimum absolute atomic E-state index is 0.243. The Labute approximate surface area is 115 Å². The summed E-state index contributed by atoms with van der Waals surface area (Å²) in [5.41, 5.74) is 3.33. The topological polar surface area (TPSA) is 35.5 Å². The quantitative estimate of drug-likeness (QED) is 0.557. The highest BCUT2D eigenvalue weighted by atomic mass is 16.7. The van der Waals surface area contributed by atoms with Crippen LogP contribution >= 0.6 is 0 Å². The van der Waals surface area contributed by atoms with Gasteiger partial charge in [0.1, 0.15) is 12.0 Å². The molecule has 0 heterocycles. The average molecular weight is 264 g/mol. The maximum absolute atomic E-state index is 10.7. The van der Waals surface area contributed by atoms with E-state index in [9.17, 15) is 4.79 Å². The summed E-state index contributed by atoms with van der Waals surface area (Å²) < 4.78 is 10.8. The molecule has 0 saturated heterocycles. The largest absolute Gasteiger partial charge is 0.467 e. The fraction of sp³-hybridized carbons (Fsp3) is 0.562. The van der Waals surface area contributed by atoms with Crippen LogP contribution in [-0.2, 0) is 16.0 Å². The molecule has 0 aliphatic carbocycles. The number of aldehydes is 1. The molecule has 0 unspecified atom stereocenters. The molecular weight excluding hydrogens is 240 g/mol. The van der Waals surface area contributed by atoms with Crippen molar-refractivity contribution < 1.29 is 14.3 Å². The van der Waals surface area contributed by atoms with Crippen molar-refractivity contribution in [2.24, 2.45) is 0 Å². The standard InChI is InChI=1S/C16H24O3/c1-11(2)14-8-13(6-7-17)9-15(12(3)4)16(14)19-10-18-5/h7-9,11-12H,6,10H2,1-5H3. The molecule has 0 aromatic heterocycles. The smallest absolute Gasteiger partial charge is 0.188 e. The summed E-state index contributed by atoms with van der Waals surface area (Å²) in [6.07, 6.45) is 1.39. The Morgan fingerprint density at radius 1 is 1.11 bits per heavy atom. The first-order valence-electron chi connectivity index (χ1n) is 6.73. The van der Waals surface area contributed by atoms with Crippen molar-refractivity contribution in [2.45, 2.75) is 46.0 Å². The van der Waals surface area contributed by atoms with Gasteiger partial charge < -0.3 is 14.3 Å². The zero-order valence-electron chi connectivity index (χ0n) is 12.5. The molecule has 1 aromatic rings. The van der Waals surface area contributed by atoms with Crippen molar-refractivity contribution in [2.75, 3.05) is 13.9 Å².